The van der Waals surface area contributed by atoms with Gasteiger partial charge in [-0.05, 0) is 32.4 Å². The van der Waals surface area contributed by atoms with Gasteiger partial charge in [-0.15, -0.1) is 0 Å². The highest BCUT2D eigenvalue weighted by molar-refractivity contribution is 5.77. The van der Waals surface area contributed by atoms with Crippen molar-refractivity contribution >= 4 is 23.1 Å². The molecule has 11 heteroatoms. The van der Waals surface area contributed by atoms with Crippen LogP contribution in [0.3, 0.4) is 0 Å². The van der Waals surface area contributed by atoms with Crippen molar-refractivity contribution < 1.29 is 9.47 Å². The number of aryl methyl sites for hydroxylation is 2. The average molecular weight is 474 g/mol. The number of anilines is 4. The van der Waals surface area contributed by atoms with Crippen molar-refractivity contribution in [3.63, 3.8) is 0 Å². The number of methoxy groups -OCH3 is 1. The van der Waals surface area contributed by atoms with Gasteiger partial charge in [0.05, 0.1) is 25.0 Å². The highest BCUT2D eigenvalue weighted by Gasteiger charge is 2.19. The summed E-state index contributed by atoms with van der Waals surface area (Å²) in [6.45, 7) is 6.14. The Morgan fingerprint density at radius 2 is 1.91 bits per heavy atom. The highest BCUT2D eigenvalue weighted by atomic mass is 16.5. The Hall–Kier alpha value is -4.12. The van der Waals surface area contributed by atoms with Crippen LogP contribution in [0.5, 0.6) is 5.75 Å². The Morgan fingerprint density at radius 3 is 2.69 bits per heavy atom. The predicted octanol–water partition coefficient (Wildman–Crippen LogP) is 3.67. The minimum atomic E-state index is 0.468. The highest BCUT2D eigenvalue weighted by Crippen LogP contribution is 2.36. The molecule has 1 saturated heterocycles. The van der Waals surface area contributed by atoms with Gasteiger partial charge in [-0.2, -0.15) is 5.10 Å². The van der Waals surface area contributed by atoms with Crippen molar-refractivity contribution in [2.24, 2.45) is 5.92 Å². The molecule has 0 spiro atoms. The molecule has 1 atom stereocenters. The van der Waals surface area contributed by atoms with Crippen LogP contribution >= 0.6 is 0 Å². The molecule has 2 N–H and O–H groups in total. The monoisotopic (exact) mass is 473 g/mol. The van der Waals surface area contributed by atoms with Gasteiger partial charge in [0.2, 0.25) is 0 Å². The van der Waals surface area contributed by atoms with Gasteiger partial charge < -0.3 is 20.1 Å². The minimum absolute atomic E-state index is 0.468. The molecule has 4 heterocycles. The molecule has 180 valence electrons. The Labute approximate surface area is 203 Å². The first kappa shape index (κ1) is 22.7. The van der Waals surface area contributed by atoms with Crippen molar-refractivity contribution in [3.05, 3.63) is 54.5 Å². The summed E-state index contributed by atoms with van der Waals surface area (Å²) in [5.41, 5.74) is 2.41. The molecule has 5 rings (SSSR count). The van der Waals surface area contributed by atoms with Crippen LogP contribution in [0.2, 0.25) is 0 Å². The van der Waals surface area contributed by atoms with E-state index in [1.54, 1.807) is 19.5 Å². The fraction of sp³-hybridized carbons (Fsp3) is 0.333. The maximum Gasteiger partial charge on any atom is 0.184 e. The SMILES string of the molecule is COc1c(Nc2cc(Nc3cc(C)nc(C)n3)ncn2)cccc1-c1ncn(CC2CCOC2)n1. The summed E-state index contributed by atoms with van der Waals surface area (Å²) in [6, 6.07) is 9.45. The van der Waals surface area contributed by atoms with Gasteiger partial charge in [-0.3, -0.25) is 4.68 Å². The molecular formula is C24H27N9O2. The maximum absolute atomic E-state index is 5.75. The van der Waals surface area contributed by atoms with E-state index in [4.69, 9.17) is 9.47 Å². The van der Waals surface area contributed by atoms with Crippen LogP contribution in [0.25, 0.3) is 11.4 Å². The van der Waals surface area contributed by atoms with Crippen molar-refractivity contribution in [1.82, 2.24) is 34.7 Å². The van der Waals surface area contributed by atoms with Crippen LogP contribution in [-0.4, -0.2) is 55.0 Å². The molecular weight excluding hydrogens is 446 g/mol. The number of aromatic nitrogens is 7. The van der Waals surface area contributed by atoms with Gasteiger partial charge in [-0.25, -0.2) is 24.9 Å². The van der Waals surface area contributed by atoms with E-state index in [2.05, 4.69) is 40.7 Å². The number of ether oxygens (including phenoxy) is 2. The molecule has 1 unspecified atom stereocenters. The molecule has 11 nitrogen and oxygen atoms in total. The molecule has 1 aliphatic heterocycles. The number of nitrogens with one attached hydrogen (secondary N) is 2. The molecule has 1 aliphatic rings. The predicted molar refractivity (Wildman–Crippen MR) is 131 cm³/mol. The number of benzene rings is 1. The molecule has 3 aromatic heterocycles. The van der Waals surface area contributed by atoms with Gasteiger partial charge in [0, 0.05) is 36.9 Å². The number of hydrogen-bond donors (Lipinski definition) is 2. The molecule has 0 amide bonds. The van der Waals surface area contributed by atoms with E-state index < -0.39 is 0 Å². The zero-order valence-corrected chi connectivity index (χ0v) is 19.9. The van der Waals surface area contributed by atoms with Gasteiger partial charge in [0.15, 0.2) is 11.6 Å². The summed E-state index contributed by atoms with van der Waals surface area (Å²) in [6.07, 6.45) is 4.29. The largest absolute Gasteiger partial charge is 0.494 e. The Kier molecular flexibility index (Phi) is 6.49. The Bertz CT molecular complexity index is 1300. The third-order valence-electron chi connectivity index (χ3n) is 5.62. The van der Waals surface area contributed by atoms with Crippen molar-refractivity contribution in [2.75, 3.05) is 31.0 Å². The summed E-state index contributed by atoms with van der Waals surface area (Å²) in [5.74, 6) is 4.26. The lowest BCUT2D eigenvalue weighted by Gasteiger charge is -2.14. The second-order valence-corrected chi connectivity index (χ2v) is 8.39. The summed E-state index contributed by atoms with van der Waals surface area (Å²) in [4.78, 5) is 21.9. The van der Waals surface area contributed by atoms with Gasteiger partial charge in [0.25, 0.3) is 0 Å². The lowest BCUT2D eigenvalue weighted by Crippen LogP contribution is -2.11. The lowest BCUT2D eigenvalue weighted by molar-refractivity contribution is 0.181. The van der Waals surface area contributed by atoms with E-state index in [1.165, 1.54) is 6.33 Å². The number of nitrogens with zero attached hydrogens (tertiary/aromatic N) is 7. The van der Waals surface area contributed by atoms with E-state index in [-0.39, 0.29) is 0 Å². The van der Waals surface area contributed by atoms with Gasteiger partial charge in [0.1, 0.15) is 35.9 Å². The van der Waals surface area contributed by atoms with Gasteiger partial charge >= 0.3 is 0 Å². The van der Waals surface area contributed by atoms with Crippen LogP contribution in [-0.2, 0) is 11.3 Å². The first-order chi connectivity index (χ1) is 17.1. The summed E-state index contributed by atoms with van der Waals surface area (Å²) in [5, 5.41) is 11.2. The second kappa shape index (κ2) is 10.0. The maximum atomic E-state index is 5.75. The van der Waals surface area contributed by atoms with Crippen molar-refractivity contribution in [2.45, 2.75) is 26.8 Å². The topological polar surface area (TPSA) is 125 Å². The third kappa shape index (κ3) is 5.35. The molecule has 1 fully saturated rings. The summed E-state index contributed by atoms with van der Waals surface area (Å²) >= 11 is 0. The first-order valence-corrected chi connectivity index (χ1v) is 11.4. The van der Waals surface area contributed by atoms with E-state index in [0.29, 0.717) is 40.8 Å². The van der Waals surface area contributed by atoms with Crippen LogP contribution in [0.4, 0.5) is 23.1 Å². The number of rotatable bonds is 8. The number of para-hydroxylation sites is 1. The van der Waals surface area contributed by atoms with Crippen LogP contribution in [0, 0.1) is 19.8 Å². The first-order valence-electron chi connectivity index (χ1n) is 11.4. The van der Waals surface area contributed by atoms with Crippen LogP contribution < -0.4 is 15.4 Å². The molecule has 35 heavy (non-hydrogen) atoms. The summed E-state index contributed by atoms with van der Waals surface area (Å²) in [7, 11) is 1.63. The van der Waals surface area contributed by atoms with E-state index in [9.17, 15) is 0 Å². The molecule has 0 saturated carbocycles. The van der Waals surface area contributed by atoms with Crippen LogP contribution in [0.1, 0.15) is 17.9 Å². The molecule has 0 aliphatic carbocycles. The fourth-order valence-corrected chi connectivity index (χ4v) is 4.07. The molecule has 0 radical (unpaired) electrons. The Balaban J connectivity index is 1.36. The zero-order valence-electron chi connectivity index (χ0n) is 19.9. The van der Waals surface area contributed by atoms with E-state index >= 15 is 0 Å². The average Bonchev–Trinajstić information content (AvgIpc) is 3.51. The molecule has 0 bridgehead atoms. The van der Waals surface area contributed by atoms with E-state index in [0.717, 1.165) is 43.1 Å². The normalized spacial score (nSPS) is 15.2. The van der Waals surface area contributed by atoms with Crippen LogP contribution in [0.15, 0.2) is 43.0 Å². The van der Waals surface area contributed by atoms with Gasteiger partial charge in [-0.1, -0.05) is 6.07 Å². The molecule has 4 aromatic rings. The standard InChI is InChI=1S/C24H27N9O2/c1-15-9-22(29-16(2)28-15)31-21-10-20(25-13-26-21)30-19-6-4-5-18(23(19)34-3)24-27-14-33(32-24)11-17-7-8-35-12-17/h4-6,9-10,13-14,17H,7-8,11-12H2,1-3H3,(H2,25,26,28,29,30,31). The van der Waals surface area contributed by atoms with Crippen molar-refractivity contribution in [1.29, 1.82) is 0 Å². The summed E-state index contributed by atoms with van der Waals surface area (Å²) < 4.78 is 13.1. The number of hydrogen-bond acceptors (Lipinski definition) is 10. The minimum Gasteiger partial charge on any atom is -0.494 e. The lowest BCUT2D eigenvalue weighted by atomic mass is 10.1. The fourth-order valence-electron chi connectivity index (χ4n) is 4.07. The Morgan fingerprint density at radius 1 is 1.06 bits per heavy atom. The third-order valence-corrected chi connectivity index (χ3v) is 5.62. The smallest absolute Gasteiger partial charge is 0.184 e. The zero-order chi connectivity index (χ0) is 24.2. The van der Waals surface area contributed by atoms with Crippen molar-refractivity contribution in [3.8, 4) is 17.1 Å². The second-order valence-electron chi connectivity index (χ2n) is 8.39. The van der Waals surface area contributed by atoms with E-state index in [1.807, 2.05) is 42.8 Å². The molecule has 1 aromatic carbocycles. The quantitative estimate of drug-likeness (QED) is 0.391.